The molecule has 1 unspecified atom stereocenters. The number of hydrogen-bond acceptors (Lipinski definition) is 9. The number of aryl methyl sites for hydroxylation is 1. The molecule has 0 spiro atoms. The first-order chi connectivity index (χ1) is 15.5. The molecule has 2 aliphatic heterocycles. The Morgan fingerprint density at radius 1 is 1.33 bits per heavy atom. The van der Waals surface area contributed by atoms with Crippen LogP contribution >= 0.6 is 11.8 Å². The smallest absolute Gasteiger partial charge is 0.352 e. The molecule has 11 nitrogen and oxygen atoms in total. The number of aromatic nitrogens is 2. The summed E-state index contributed by atoms with van der Waals surface area (Å²) in [6.45, 7) is 7.02. The number of β-lactam (4-membered cyclic amide) rings is 1. The van der Waals surface area contributed by atoms with Gasteiger partial charge in [0.05, 0.1) is 0 Å². The van der Waals surface area contributed by atoms with Crippen LogP contribution in [-0.2, 0) is 35.2 Å². The van der Waals surface area contributed by atoms with Crippen molar-refractivity contribution in [3.8, 4) is 0 Å². The second-order valence-corrected chi connectivity index (χ2v) is 9.81. The molecule has 0 bridgehead atoms. The van der Waals surface area contributed by atoms with Gasteiger partial charge in [-0.2, -0.15) is 0 Å². The van der Waals surface area contributed by atoms with Gasteiger partial charge < -0.3 is 24.5 Å². The maximum atomic E-state index is 12.8. The molecular formula is C21H28N4O7S. The van der Waals surface area contributed by atoms with Crippen molar-refractivity contribution in [3.05, 3.63) is 23.7 Å². The maximum Gasteiger partial charge on any atom is 0.352 e. The van der Waals surface area contributed by atoms with Gasteiger partial charge in [-0.25, -0.2) is 9.78 Å². The molecule has 0 saturated carbocycles. The van der Waals surface area contributed by atoms with Gasteiger partial charge in [0.25, 0.3) is 5.91 Å². The summed E-state index contributed by atoms with van der Waals surface area (Å²) >= 11 is 1.39. The van der Waals surface area contributed by atoms with Crippen molar-refractivity contribution in [2.75, 3.05) is 17.7 Å². The number of amides is 1. The van der Waals surface area contributed by atoms with Gasteiger partial charge in [-0.05, 0) is 27.2 Å². The summed E-state index contributed by atoms with van der Waals surface area (Å²) in [5, 5.41) is 12.3. The molecule has 3 heterocycles. The Kier molecular flexibility index (Phi) is 7.35. The minimum absolute atomic E-state index is 0.135. The van der Waals surface area contributed by atoms with Gasteiger partial charge in [0.1, 0.15) is 29.3 Å². The van der Waals surface area contributed by atoms with E-state index in [0.29, 0.717) is 30.2 Å². The lowest BCUT2D eigenvalue weighted by molar-refractivity contribution is -0.155. The van der Waals surface area contributed by atoms with E-state index in [1.807, 2.05) is 20.8 Å². The third-order valence-corrected chi connectivity index (χ3v) is 6.24. The Labute approximate surface area is 195 Å². The summed E-state index contributed by atoms with van der Waals surface area (Å²) in [6, 6.07) is -0.647. The number of esters is 2. The predicted molar refractivity (Wildman–Crippen MR) is 119 cm³/mol. The molecule has 12 heteroatoms. The van der Waals surface area contributed by atoms with Crippen LogP contribution in [0.15, 0.2) is 23.7 Å². The van der Waals surface area contributed by atoms with Gasteiger partial charge in [0.15, 0.2) is 0 Å². The molecule has 1 aromatic heterocycles. The number of imidazole rings is 1. The van der Waals surface area contributed by atoms with E-state index in [2.05, 4.69) is 10.3 Å². The highest BCUT2D eigenvalue weighted by Crippen LogP contribution is 2.41. The van der Waals surface area contributed by atoms with Crippen LogP contribution in [0.3, 0.4) is 0 Å². The maximum absolute atomic E-state index is 12.8. The molecule has 0 radical (unpaired) electrons. The van der Waals surface area contributed by atoms with Gasteiger partial charge >= 0.3 is 17.9 Å². The van der Waals surface area contributed by atoms with Crippen molar-refractivity contribution in [2.45, 2.75) is 64.1 Å². The number of nitrogens with one attached hydrogen (secondary N) is 1. The zero-order chi connectivity index (χ0) is 24.3. The molecule has 3 rings (SSSR count). The summed E-state index contributed by atoms with van der Waals surface area (Å²) in [4.78, 5) is 53.1. The number of carbonyl (C=O) groups is 4. The molecule has 2 atom stereocenters. The van der Waals surface area contributed by atoms with Gasteiger partial charge in [-0.3, -0.25) is 19.3 Å². The number of thioether (sulfide) groups is 1. The van der Waals surface area contributed by atoms with Crippen LogP contribution in [0.4, 0.5) is 5.95 Å². The summed E-state index contributed by atoms with van der Waals surface area (Å²) < 4.78 is 12.0. The lowest BCUT2D eigenvalue weighted by Crippen LogP contribution is -2.68. The topological polar surface area (TPSA) is 140 Å². The molecule has 2 aliphatic rings. The number of nitrogens with zero attached hydrogens (tertiary/aromatic N) is 3. The molecule has 1 aromatic rings. The minimum Gasteiger partial charge on any atom is -0.477 e. The molecule has 33 heavy (non-hydrogen) atoms. The van der Waals surface area contributed by atoms with Crippen LogP contribution in [0.2, 0.25) is 0 Å². The van der Waals surface area contributed by atoms with E-state index < -0.39 is 34.9 Å². The van der Waals surface area contributed by atoms with E-state index >= 15 is 0 Å². The average Bonchev–Trinajstić information content (AvgIpc) is 3.15. The number of anilines is 1. The summed E-state index contributed by atoms with van der Waals surface area (Å²) in [6.07, 6.45) is 4.12. The van der Waals surface area contributed by atoms with Gasteiger partial charge in [-0.15, -0.1) is 11.8 Å². The van der Waals surface area contributed by atoms with Crippen LogP contribution in [0.25, 0.3) is 0 Å². The van der Waals surface area contributed by atoms with E-state index in [-0.39, 0.29) is 24.7 Å². The molecule has 1 fully saturated rings. The van der Waals surface area contributed by atoms with E-state index in [9.17, 15) is 24.3 Å². The highest BCUT2D eigenvalue weighted by molar-refractivity contribution is 8.00. The Morgan fingerprint density at radius 2 is 2.06 bits per heavy atom. The number of hydrogen-bond donors (Lipinski definition) is 2. The quantitative estimate of drug-likeness (QED) is 0.395. The standard InChI is InChI=1S/C21H28N4O7S/c1-12(26)31-10-13-11-33-18-15(17(28)25(18)16(13)19(29)30)23-20-22-7-9-24(20)8-5-6-14(27)32-21(2,3)4/h7,9,15,18H,5-6,8,10-11H2,1-4H3,(H,22,23)(H,29,30)/t15?,18-/m1/s1. The first-order valence-electron chi connectivity index (χ1n) is 10.5. The van der Waals surface area contributed by atoms with Crippen molar-refractivity contribution in [1.82, 2.24) is 14.5 Å². The van der Waals surface area contributed by atoms with E-state index in [1.54, 1.807) is 17.0 Å². The molecule has 0 aromatic carbocycles. The molecule has 180 valence electrons. The first-order valence-corrected chi connectivity index (χ1v) is 11.6. The predicted octanol–water partition coefficient (Wildman–Crippen LogP) is 1.60. The summed E-state index contributed by atoms with van der Waals surface area (Å²) in [5.41, 5.74) is -0.285. The SMILES string of the molecule is CC(=O)OCC1=C(C(=O)O)N2C(=O)C(Nc3nccn3CCCC(=O)OC(C)(C)C)[C@H]2SC1. The van der Waals surface area contributed by atoms with Gasteiger partial charge in [0.2, 0.25) is 5.95 Å². The monoisotopic (exact) mass is 480 g/mol. The summed E-state index contributed by atoms with van der Waals surface area (Å²) in [5.74, 6) is -1.65. The van der Waals surface area contributed by atoms with E-state index in [1.165, 1.54) is 23.6 Å². The Hall–Kier alpha value is -3.02. The fourth-order valence-corrected chi connectivity index (χ4v) is 4.87. The Morgan fingerprint density at radius 3 is 2.70 bits per heavy atom. The van der Waals surface area contributed by atoms with E-state index in [0.717, 1.165) is 0 Å². The number of ether oxygens (including phenoxy) is 2. The van der Waals surface area contributed by atoms with Crippen LogP contribution in [0, 0.1) is 0 Å². The number of carboxylic acids is 1. The highest BCUT2D eigenvalue weighted by Gasteiger charge is 2.54. The van der Waals surface area contributed by atoms with Crippen LogP contribution in [-0.4, -0.2) is 72.7 Å². The lowest BCUT2D eigenvalue weighted by atomic mass is 10.0. The van der Waals surface area contributed by atoms with Crippen LogP contribution < -0.4 is 5.32 Å². The summed E-state index contributed by atoms with van der Waals surface area (Å²) in [7, 11) is 0. The van der Waals surface area contributed by atoms with Crippen molar-refractivity contribution in [3.63, 3.8) is 0 Å². The molecule has 1 amide bonds. The second kappa shape index (κ2) is 9.86. The van der Waals surface area contributed by atoms with Gasteiger partial charge in [0, 0.05) is 43.6 Å². The number of carboxylic acid groups (broad SMARTS) is 1. The van der Waals surface area contributed by atoms with Gasteiger partial charge in [-0.1, -0.05) is 0 Å². The fraction of sp³-hybridized carbons (Fsp3) is 0.571. The normalized spacial score (nSPS) is 20.1. The molecule has 2 N–H and O–H groups in total. The number of fused-ring (bicyclic) bond motifs is 1. The Bertz CT molecular complexity index is 982. The number of rotatable bonds is 9. The van der Waals surface area contributed by atoms with Crippen LogP contribution in [0.1, 0.15) is 40.5 Å². The van der Waals surface area contributed by atoms with Crippen molar-refractivity contribution in [2.24, 2.45) is 0 Å². The largest absolute Gasteiger partial charge is 0.477 e. The van der Waals surface area contributed by atoms with E-state index in [4.69, 9.17) is 9.47 Å². The second-order valence-electron chi connectivity index (χ2n) is 8.70. The number of aliphatic carboxylic acids is 1. The molecule has 0 aliphatic carbocycles. The molecular weight excluding hydrogens is 452 g/mol. The minimum atomic E-state index is -1.24. The molecule has 1 saturated heterocycles. The lowest BCUT2D eigenvalue weighted by Gasteiger charge is -2.49. The average molecular weight is 481 g/mol. The zero-order valence-corrected chi connectivity index (χ0v) is 19.8. The third kappa shape index (κ3) is 5.86. The van der Waals surface area contributed by atoms with Crippen molar-refractivity contribution < 1.29 is 33.8 Å². The highest BCUT2D eigenvalue weighted by atomic mass is 32.2. The van der Waals surface area contributed by atoms with Crippen LogP contribution in [0.5, 0.6) is 0 Å². The fourth-order valence-electron chi connectivity index (χ4n) is 3.54. The Balaban J connectivity index is 1.61. The zero-order valence-electron chi connectivity index (χ0n) is 19.0. The van der Waals surface area contributed by atoms with Crippen molar-refractivity contribution >= 4 is 41.5 Å². The van der Waals surface area contributed by atoms with Crippen molar-refractivity contribution in [1.29, 1.82) is 0 Å². The first kappa shape index (κ1) is 24.6. The number of carbonyl (C=O) groups excluding carboxylic acids is 3. The third-order valence-electron chi connectivity index (χ3n) is 4.90.